The van der Waals surface area contributed by atoms with Crippen molar-refractivity contribution in [1.29, 1.82) is 0 Å². The summed E-state index contributed by atoms with van der Waals surface area (Å²) in [5.41, 5.74) is 0.315. The highest BCUT2D eigenvalue weighted by molar-refractivity contribution is 5.61. The molecule has 1 aliphatic carbocycles. The second kappa shape index (κ2) is 2.73. The Kier molecular flexibility index (Phi) is 1.77. The Bertz CT molecular complexity index is 429. The van der Waals surface area contributed by atoms with E-state index in [1.54, 1.807) is 0 Å². The predicted molar refractivity (Wildman–Crippen MR) is 40.3 cm³/mol. The lowest BCUT2D eigenvalue weighted by atomic mass is 10.2. The van der Waals surface area contributed by atoms with E-state index in [0.29, 0.717) is 5.56 Å². The van der Waals surface area contributed by atoms with Gasteiger partial charge in [-0.3, -0.25) is 0 Å². The van der Waals surface area contributed by atoms with Crippen LogP contribution in [-0.4, -0.2) is 0 Å². The van der Waals surface area contributed by atoms with Crippen LogP contribution in [0.3, 0.4) is 0 Å². The van der Waals surface area contributed by atoms with E-state index < -0.39 is 17.8 Å². The fourth-order valence-corrected chi connectivity index (χ4v) is 1.15. The minimum Gasteiger partial charge on any atom is -0.448 e. The van der Waals surface area contributed by atoms with Crippen molar-refractivity contribution in [2.24, 2.45) is 0 Å². The molecule has 1 aliphatic heterocycles. The molecule has 0 radical (unpaired) electrons. The highest BCUT2D eigenvalue weighted by atomic mass is 19.4. The fraction of sp³-hybridized carbons (Fsp3) is 0.111. The molecule has 14 heavy (non-hydrogen) atoms. The van der Waals surface area contributed by atoms with Gasteiger partial charge in [0, 0.05) is 5.56 Å². The zero-order valence-corrected chi connectivity index (χ0v) is 6.73. The number of rotatable bonds is 0. The Hall–Kier alpha value is -1.52. The van der Waals surface area contributed by atoms with Crippen molar-refractivity contribution in [2.75, 3.05) is 0 Å². The normalized spacial score (nSPS) is 12.3. The summed E-state index contributed by atoms with van der Waals surface area (Å²) in [4.78, 5) is 0. The van der Waals surface area contributed by atoms with E-state index in [-0.39, 0.29) is 5.76 Å². The number of alkyl halides is 3. The molecule has 0 fully saturated rings. The standard InChI is InChI=1S/C9H4F4O/c10-6-3-1-5-2-4-7(9(11,12)13)14-8(5)6/h1-4H. The maximum atomic E-state index is 12.9. The molecule has 1 heterocycles. The van der Waals surface area contributed by atoms with Crippen molar-refractivity contribution in [3.05, 3.63) is 35.8 Å². The SMILES string of the molecule is Fc1ccc2ccc(C(F)(F)F)oc1-2. The van der Waals surface area contributed by atoms with Gasteiger partial charge < -0.3 is 4.42 Å². The molecule has 74 valence electrons. The van der Waals surface area contributed by atoms with E-state index in [1.807, 2.05) is 0 Å². The van der Waals surface area contributed by atoms with E-state index >= 15 is 0 Å². The number of halogens is 4. The van der Waals surface area contributed by atoms with Gasteiger partial charge in [0.05, 0.1) is 0 Å². The van der Waals surface area contributed by atoms with Crippen LogP contribution in [0.4, 0.5) is 17.6 Å². The summed E-state index contributed by atoms with van der Waals surface area (Å²) in [7, 11) is 0. The Morgan fingerprint density at radius 2 is 1.64 bits per heavy atom. The summed E-state index contributed by atoms with van der Waals surface area (Å²) in [6.45, 7) is 0. The van der Waals surface area contributed by atoms with Crippen LogP contribution in [0, 0.1) is 5.82 Å². The molecule has 0 aromatic rings. The summed E-state index contributed by atoms with van der Waals surface area (Å²) in [5, 5.41) is 0. The fourth-order valence-electron chi connectivity index (χ4n) is 1.15. The second-order valence-electron chi connectivity index (χ2n) is 2.76. The topological polar surface area (TPSA) is 13.1 Å². The Morgan fingerprint density at radius 3 is 2.29 bits per heavy atom. The van der Waals surface area contributed by atoms with Crippen LogP contribution in [0.2, 0.25) is 0 Å². The highest BCUT2D eigenvalue weighted by Crippen LogP contribution is 2.35. The molecule has 0 atom stereocenters. The largest absolute Gasteiger partial charge is 0.449 e. The zero-order valence-electron chi connectivity index (χ0n) is 6.73. The first-order valence-corrected chi connectivity index (χ1v) is 3.74. The molecule has 0 saturated heterocycles. The van der Waals surface area contributed by atoms with Gasteiger partial charge in [-0.15, -0.1) is 0 Å². The third kappa shape index (κ3) is 1.34. The summed E-state index contributed by atoms with van der Waals surface area (Å²) in [6, 6.07) is 4.37. The van der Waals surface area contributed by atoms with Crippen LogP contribution >= 0.6 is 0 Å². The van der Waals surface area contributed by atoms with Gasteiger partial charge >= 0.3 is 6.18 Å². The van der Waals surface area contributed by atoms with Crippen LogP contribution < -0.4 is 0 Å². The minimum atomic E-state index is -4.59. The van der Waals surface area contributed by atoms with Crippen LogP contribution in [0.15, 0.2) is 28.7 Å². The number of hydrogen-bond donors (Lipinski definition) is 0. The van der Waals surface area contributed by atoms with Gasteiger partial charge in [0.25, 0.3) is 0 Å². The van der Waals surface area contributed by atoms with E-state index in [2.05, 4.69) is 4.42 Å². The number of hydrogen-bond acceptors (Lipinski definition) is 1. The first-order valence-electron chi connectivity index (χ1n) is 3.74. The maximum Gasteiger partial charge on any atom is 0.449 e. The van der Waals surface area contributed by atoms with Crippen molar-refractivity contribution in [1.82, 2.24) is 0 Å². The molecule has 0 saturated carbocycles. The van der Waals surface area contributed by atoms with Crippen LogP contribution in [0.5, 0.6) is 0 Å². The summed E-state index contributed by atoms with van der Waals surface area (Å²) in [5.74, 6) is -2.35. The van der Waals surface area contributed by atoms with E-state index in [1.165, 1.54) is 12.1 Å². The lowest BCUT2D eigenvalue weighted by Crippen LogP contribution is -2.04. The van der Waals surface area contributed by atoms with E-state index in [0.717, 1.165) is 12.1 Å². The maximum absolute atomic E-state index is 12.9. The average Bonchev–Trinajstić information content (AvgIpc) is 2.46. The van der Waals surface area contributed by atoms with Crippen molar-refractivity contribution in [2.45, 2.75) is 6.18 Å². The summed E-state index contributed by atoms with van der Waals surface area (Å²) >= 11 is 0. The first-order chi connectivity index (χ1) is 6.48. The first kappa shape index (κ1) is 9.05. The third-order valence-corrected chi connectivity index (χ3v) is 1.79. The average molecular weight is 204 g/mol. The molecule has 0 aromatic carbocycles. The molecular formula is C9H4F4O. The molecule has 5 heteroatoms. The van der Waals surface area contributed by atoms with Crippen molar-refractivity contribution < 1.29 is 22.0 Å². The highest BCUT2D eigenvalue weighted by Gasteiger charge is 2.35. The molecule has 0 bridgehead atoms. The second-order valence-corrected chi connectivity index (χ2v) is 2.76. The number of fused-ring (bicyclic) bond motifs is 1. The quantitative estimate of drug-likeness (QED) is 0.598. The predicted octanol–water partition coefficient (Wildman–Crippen LogP) is 3.54. The van der Waals surface area contributed by atoms with Crippen LogP contribution in [0.1, 0.15) is 5.76 Å². The minimum absolute atomic E-state index is 0.315. The van der Waals surface area contributed by atoms with Crippen LogP contribution in [0.25, 0.3) is 11.3 Å². The Balaban J connectivity index is 2.61. The van der Waals surface area contributed by atoms with Gasteiger partial charge in [0.1, 0.15) is 0 Å². The molecule has 0 spiro atoms. The van der Waals surface area contributed by atoms with Gasteiger partial charge in [-0.05, 0) is 24.3 Å². The molecular weight excluding hydrogens is 200 g/mol. The van der Waals surface area contributed by atoms with Crippen LogP contribution in [-0.2, 0) is 6.18 Å². The molecule has 0 N–H and O–H groups in total. The molecule has 0 amide bonds. The Morgan fingerprint density at radius 1 is 1.00 bits per heavy atom. The van der Waals surface area contributed by atoms with E-state index in [9.17, 15) is 17.6 Å². The summed E-state index contributed by atoms with van der Waals surface area (Å²) in [6.07, 6.45) is -4.59. The van der Waals surface area contributed by atoms with Gasteiger partial charge in [0.2, 0.25) is 5.76 Å². The molecule has 0 unspecified atom stereocenters. The summed E-state index contributed by atoms with van der Waals surface area (Å²) < 4.78 is 53.7. The molecule has 2 aliphatic rings. The van der Waals surface area contributed by atoms with Gasteiger partial charge in [-0.2, -0.15) is 13.2 Å². The lowest BCUT2D eigenvalue weighted by Gasteiger charge is -2.07. The smallest absolute Gasteiger partial charge is 0.448 e. The van der Waals surface area contributed by atoms with Crippen molar-refractivity contribution in [3.8, 4) is 11.3 Å². The lowest BCUT2D eigenvalue weighted by molar-refractivity contribution is -0.153. The zero-order chi connectivity index (χ0) is 10.3. The van der Waals surface area contributed by atoms with Gasteiger partial charge in [-0.1, -0.05) is 0 Å². The van der Waals surface area contributed by atoms with Gasteiger partial charge in [0.15, 0.2) is 11.6 Å². The molecule has 1 nitrogen and oxygen atoms in total. The van der Waals surface area contributed by atoms with Crippen molar-refractivity contribution in [3.63, 3.8) is 0 Å². The monoisotopic (exact) mass is 204 g/mol. The van der Waals surface area contributed by atoms with E-state index in [4.69, 9.17) is 0 Å². The Labute approximate surface area is 76.3 Å². The molecule has 2 rings (SSSR count). The van der Waals surface area contributed by atoms with Crippen molar-refractivity contribution >= 4 is 0 Å². The van der Waals surface area contributed by atoms with Gasteiger partial charge in [-0.25, -0.2) is 4.39 Å². The molecule has 0 aromatic heterocycles. The third-order valence-electron chi connectivity index (χ3n) is 1.79.